The van der Waals surface area contributed by atoms with Crippen LogP contribution in [0.4, 0.5) is 0 Å². The number of nitrogens with zero attached hydrogens (tertiary/aromatic N) is 2. The fourth-order valence-corrected chi connectivity index (χ4v) is 5.03. The van der Waals surface area contributed by atoms with Crippen LogP contribution in [0.15, 0.2) is 108 Å². The Morgan fingerprint density at radius 3 is 2.20 bits per heavy atom. The first kappa shape index (κ1) is 23.6. The van der Waals surface area contributed by atoms with Gasteiger partial charge in [0.2, 0.25) is 0 Å². The number of pyridine rings is 2. The van der Waals surface area contributed by atoms with Gasteiger partial charge in [-0.2, -0.15) is 0 Å². The molecule has 0 bridgehead atoms. The SMILES string of the molecule is CC(C)c1ccnc(-c2[c-]ccc3c2oc2cc4c(cc23)Oc2ccccc2O4)c1.[2H]C([2H])([2H])c1c[c-]c(-c2ccc(C([2H])([2H])[2H])cn2)cc1.[Ir]. The zero-order valence-corrected chi connectivity index (χ0v) is 26.7. The number of benzene rings is 4. The predicted molar refractivity (Wildman–Crippen MR) is 174 cm³/mol. The van der Waals surface area contributed by atoms with Crippen molar-refractivity contribution in [2.24, 2.45) is 0 Å². The van der Waals surface area contributed by atoms with Crippen LogP contribution < -0.4 is 9.47 Å². The smallest absolute Gasteiger partial charge is 0.173 e. The van der Waals surface area contributed by atoms with E-state index in [1.54, 1.807) is 12.1 Å². The molecule has 1 aliphatic rings. The van der Waals surface area contributed by atoms with Crippen LogP contribution in [0.1, 0.15) is 44.7 Å². The summed E-state index contributed by atoms with van der Waals surface area (Å²) in [5.41, 5.74) is 6.00. The van der Waals surface area contributed by atoms with Crippen molar-refractivity contribution in [3.63, 3.8) is 0 Å². The molecule has 0 unspecified atom stereocenters. The van der Waals surface area contributed by atoms with Gasteiger partial charge in [-0.15, -0.1) is 53.6 Å². The first-order chi connectivity index (χ1) is 23.8. The molecule has 0 spiro atoms. The molecule has 0 saturated carbocycles. The number of furan rings is 1. The van der Waals surface area contributed by atoms with Crippen molar-refractivity contribution >= 4 is 21.9 Å². The summed E-state index contributed by atoms with van der Waals surface area (Å²) < 4.78 is 62.0. The molecule has 4 heterocycles. The third-order valence-corrected chi connectivity index (χ3v) is 7.35. The van der Waals surface area contributed by atoms with E-state index in [2.05, 4.69) is 42.0 Å². The van der Waals surface area contributed by atoms with Crippen LogP contribution in [0.3, 0.4) is 0 Å². The summed E-state index contributed by atoms with van der Waals surface area (Å²) in [5, 5.41) is 1.97. The molecule has 225 valence electrons. The molecule has 0 fully saturated rings. The van der Waals surface area contributed by atoms with Crippen molar-refractivity contribution in [2.45, 2.75) is 33.5 Å². The van der Waals surface area contributed by atoms with Gasteiger partial charge in [-0.25, -0.2) is 0 Å². The summed E-state index contributed by atoms with van der Waals surface area (Å²) in [4.78, 5) is 8.65. The van der Waals surface area contributed by atoms with Crippen LogP contribution in [0.5, 0.6) is 23.0 Å². The van der Waals surface area contributed by atoms with Crippen LogP contribution >= 0.6 is 0 Å². The summed E-state index contributed by atoms with van der Waals surface area (Å²) >= 11 is 0. The largest absolute Gasteiger partial charge is 0.500 e. The number of hydrogen-bond donors (Lipinski definition) is 0. The second kappa shape index (κ2) is 12.7. The minimum Gasteiger partial charge on any atom is -0.500 e. The zero-order chi connectivity index (χ0) is 35.2. The average Bonchev–Trinajstić information content (AvgIpc) is 3.47. The molecule has 0 atom stereocenters. The Hall–Kier alpha value is -4.77. The van der Waals surface area contributed by atoms with Crippen LogP contribution in [0.2, 0.25) is 0 Å². The number of fused-ring (bicyclic) bond motifs is 5. The van der Waals surface area contributed by atoms with Gasteiger partial charge in [-0.3, -0.25) is 0 Å². The first-order valence-corrected chi connectivity index (χ1v) is 14.2. The molecule has 1 radical (unpaired) electrons. The summed E-state index contributed by atoms with van der Waals surface area (Å²) in [6, 6.07) is 33.4. The normalized spacial score (nSPS) is 14.0. The summed E-state index contributed by atoms with van der Waals surface area (Å²) in [5.74, 6) is 3.15. The molecule has 3 aromatic heterocycles. The number of para-hydroxylation sites is 2. The Morgan fingerprint density at radius 2 is 1.51 bits per heavy atom. The van der Waals surface area contributed by atoms with Gasteiger partial charge in [-0.1, -0.05) is 67.5 Å². The molecule has 0 saturated heterocycles. The summed E-state index contributed by atoms with van der Waals surface area (Å²) in [6.45, 7) is 0.00813. The minimum atomic E-state index is -2.18. The quantitative estimate of drug-likeness (QED) is 0.167. The van der Waals surface area contributed by atoms with E-state index in [0.717, 1.165) is 33.2 Å². The van der Waals surface area contributed by atoms with Gasteiger partial charge in [0.1, 0.15) is 5.58 Å². The Kier molecular flexibility index (Phi) is 6.65. The molecule has 7 aromatic rings. The number of ether oxygens (including phenoxy) is 2. The van der Waals surface area contributed by atoms with E-state index in [-0.39, 0.29) is 31.2 Å². The van der Waals surface area contributed by atoms with Crippen molar-refractivity contribution in [1.29, 1.82) is 0 Å². The first-order valence-electron chi connectivity index (χ1n) is 17.2. The maximum absolute atomic E-state index is 7.28. The van der Waals surface area contributed by atoms with Crippen molar-refractivity contribution in [2.75, 3.05) is 0 Å². The van der Waals surface area contributed by atoms with E-state index in [1.807, 2.05) is 60.8 Å². The molecule has 8 rings (SSSR count). The standard InChI is InChI=1S/C26H18NO3.C13H12N.Ir/c1-15(2)16-10-11-27-20(12-16)18-7-5-6-17-19-13-24-25(14-23(19)30-26(17)18)29-22-9-4-3-8-21(22)28-24;1-10-3-6-12(7-4-10)13-8-5-11(2)9-14-13;/h3-6,8-15H,1-2H3;3-6,8-9H,1-2H3;/q2*-1;/i;1D3,2D3;. The third kappa shape index (κ3) is 6.12. The van der Waals surface area contributed by atoms with E-state index >= 15 is 0 Å². The van der Waals surface area contributed by atoms with E-state index < -0.39 is 13.7 Å². The molecule has 0 N–H and O–H groups in total. The zero-order valence-electron chi connectivity index (χ0n) is 30.3. The maximum atomic E-state index is 7.28. The van der Waals surface area contributed by atoms with Crippen molar-refractivity contribution in [1.82, 2.24) is 9.97 Å². The van der Waals surface area contributed by atoms with Crippen LogP contribution in [0, 0.1) is 25.8 Å². The van der Waals surface area contributed by atoms with Gasteiger partial charge in [0.15, 0.2) is 23.0 Å². The Morgan fingerprint density at radius 1 is 0.733 bits per heavy atom. The second-order valence-corrected chi connectivity index (χ2v) is 10.7. The molecule has 1 aliphatic heterocycles. The predicted octanol–water partition coefficient (Wildman–Crippen LogP) is 10.6. The molecule has 4 aromatic carbocycles. The van der Waals surface area contributed by atoms with E-state index in [0.29, 0.717) is 40.2 Å². The average molecular weight is 773 g/mol. The number of aryl methyl sites for hydroxylation is 2. The molecule has 6 heteroatoms. The molecule has 45 heavy (non-hydrogen) atoms. The number of aromatic nitrogens is 2. The van der Waals surface area contributed by atoms with Crippen molar-refractivity contribution in [3.05, 3.63) is 132 Å². The van der Waals surface area contributed by atoms with Gasteiger partial charge in [0, 0.05) is 52.2 Å². The monoisotopic (exact) mass is 773 g/mol. The van der Waals surface area contributed by atoms with Crippen LogP contribution in [0.25, 0.3) is 44.5 Å². The summed E-state index contributed by atoms with van der Waals surface area (Å²) in [7, 11) is 0. The van der Waals surface area contributed by atoms with Gasteiger partial charge < -0.3 is 23.9 Å². The molecule has 0 amide bonds. The van der Waals surface area contributed by atoms with Gasteiger partial charge in [0.05, 0.1) is 5.58 Å². The number of rotatable bonds is 3. The molecular weight excluding hydrogens is 737 g/mol. The third-order valence-electron chi connectivity index (χ3n) is 7.35. The van der Waals surface area contributed by atoms with Crippen LogP contribution in [-0.4, -0.2) is 9.97 Å². The Labute approximate surface area is 284 Å². The van der Waals surface area contributed by atoms with Crippen molar-refractivity contribution in [3.8, 4) is 45.5 Å². The van der Waals surface area contributed by atoms with E-state index in [1.165, 1.54) is 30.0 Å². The fourth-order valence-electron chi connectivity index (χ4n) is 5.03. The van der Waals surface area contributed by atoms with E-state index in [9.17, 15) is 0 Å². The Balaban J connectivity index is 0.000000188. The maximum Gasteiger partial charge on any atom is 0.173 e. The van der Waals surface area contributed by atoms with Crippen molar-refractivity contribution < 1.29 is 42.2 Å². The summed E-state index contributed by atoms with van der Waals surface area (Å²) in [6.07, 6.45) is 3.14. The Bertz CT molecular complexity index is 2280. The number of hydrogen-bond acceptors (Lipinski definition) is 5. The fraction of sp³-hybridized carbons (Fsp3) is 0.128. The van der Waals surface area contributed by atoms with Crippen LogP contribution in [-0.2, 0) is 20.1 Å². The topological polar surface area (TPSA) is 57.4 Å². The second-order valence-electron chi connectivity index (χ2n) is 10.7. The van der Waals surface area contributed by atoms with Gasteiger partial charge in [0.25, 0.3) is 0 Å². The molecule has 5 nitrogen and oxygen atoms in total. The van der Waals surface area contributed by atoms with Gasteiger partial charge >= 0.3 is 0 Å². The minimum absolute atomic E-state index is 0. The molecule has 0 aliphatic carbocycles. The van der Waals surface area contributed by atoms with Gasteiger partial charge in [-0.05, 0) is 54.0 Å². The van der Waals surface area contributed by atoms with E-state index in [4.69, 9.17) is 22.1 Å². The molecular formula is C39H30IrN2O3-2.